The highest BCUT2D eigenvalue weighted by Crippen LogP contribution is 2.40. The Morgan fingerprint density at radius 2 is 1.79 bits per heavy atom. The van der Waals surface area contributed by atoms with Crippen LogP contribution in [0.4, 0.5) is 4.39 Å². The SMILES string of the molecule is CCOc1ccc(C(O)=C2C(=O)C(=O)N(CCc3c[nH]c4ccc(OC)cc34)[C@@H]2c2ccccc2F)cc1. The number of aromatic amines is 1. The number of likely N-dealkylation sites (tertiary alicyclic amines) is 1. The van der Waals surface area contributed by atoms with E-state index in [1.54, 1.807) is 37.4 Å². The molecule has 7 nitrogen and oxygen atoms in total. The molecule has 1 amide bonds. The van der Waals surface area contributed by atoms with Crippen LogP contribution in [0, 0.1) is 5.82 Å². The lowest BCUT2D eigenvalue weighted by atomic mass is 9.94. The molecule has 2 N–H and O–H groups in total. The smallest absolute Gasteiger partial charge is 0.295 e. The summed E-state index contributed by atoms with van der Waals surface area (Å²) in [5, 5.41) is 12.1. The lowest BCUT2D eigenvalue weighted by Gasteiger charge is -2.25. The van der Waals surface area contributed by atoms with Gasteiger partial charge in [0.05, 0.1) is 25.3 Å². The summed E-state index contributed by atoms with van der Waals surface area (Å²) in [5.74, 6) is -1.28. The molecule has 0 spiro atoms. The van der Waals surface area contributed by atoms with Crippen LogP contribution in [0.1, 0.15) is 29.7 Å². The molecule has 1 aromatic heterocycles. The number of halogens is 1. The Morgan fingerprint density at radius 1 is 1.05 bits per heavy atom. The number of aromatic nitrogens is 1. The molecule has 38 heavy (non-hydrogen) atoms. The van der Waals surface area contributed by atoms with Crippen LogP contribution in [0.5, 0.6) is 11.5 Å². The number of nitrogens with zero attached hydrogens (tertiary/aromatic N) is 1. The van der Waals surface area contributed by atoms with Gasteiger partial charge in [0.25, 0.3) is 11.7 Å². The van der Waals surface area contributed by atoms with Gasteiger partial charge in [-0.1, -0.05) is 18.2 Å². The van der Waals surface area contributed by atoms with Gasteiger partial charge in [0, 0.05) is 34.8 Å². The van der Waals surface area contributed by atoms with Gasteiger partial charge in [0.1, 0.15) is 23.1 Å². The first-order chi connectivity index (χ1) is 18.4. The van der Waals surface area contributed by atoms with Crippen molar-refractivity contribution in [2.24, 2.45) is 0 Å². The molecule has 194 valence electrons. The molecule has 1 saturated heterocycles. The minimum atomic E-state index is -1.08. The average Bonchev–Trinajstić information content (AvgIpc) is 3.45. The van der Waals surface area contributed by atoms with Gasteiger partial charge in [-0.3, -0.25) is 9.59 Å². The summed E-state index contributed by atoms with van der Waals surface area (Å²) >= 11 is 0. The monoisotopic (exact) mass is 514 g/mol. The zero-order valence-electron chi connectivity index (χ0n) is 21.0. The van der Waals surface area contributed by atoms with E-state index in [2.05, 4.69) is 4.98 Å². The Hall–Kier alpha value is -4.59. The van der Waals surface area contributed by atoms with E-state index in [1.807, 2.05) is 31.3 Å². The summed E-state index contributed by atoms with van der Waals surface area (Å²) in [4.78, 5) is 31.1. The molecular formula is C30H27FN2O5. The molecule has 1 aliphatic heterocycles. The molecule has 1 atom stereocenters. The predicted molar refractivity (Wildman–Crippen MR) is 142 cm³/mol. The summed E-state index contributed by atoms with van der Waals surface area (Å²) in [6, 6.07) is 17.1. The number of hydrogen-bond acceptors (Lipinski definition) is 5. The molecule has 5 rings (SSSR count). The highest BCUT2D eigenvalue weighted by Gasteiger charge is 2.46. The molecule has 0 unspecified atom stereocenters. The maximum absolute atomic E-state index is 15.1. The summed E-state index contributed by atoms with van der Waals surface area (Å²) in [5.41, 5.74) is 2.14. The number of benzene rings is 3. The number of carbonyl (C=O) groups is 2. The number of methoxy groups -OCH3 is 1. The molecule has 0 radical (unpaired) electrons. The zero-order valence-corrected chi connectivity index (χ0v) is 21.0. The number of rotatable bonds is 8. The normalized spacial score (nSPS) is 16.8. The number of H-pyrrole nitrogens is 1. The standard InChI is InChI=1S/C30H27FN2O5/c1-3-38-20-10-8-18(9-11-20)28(34)26-27(22-6-4-5-7-24(22)31)33(30(36)29(26)35)15-14-19-17-32-25-13-12-21(37-2)16-23(19)25/h4-13,16-17,27,32,34H,3,14-15H2,1-2H3/t27-/m1/s1. The van der Waals surface area contributed by atoms with Gasteiger partial charge in [0.15, 0.2) is 0 Å². The van der Waals surface area contributed by atoms with Crippen LogP contribution in [-0.2, 0) is 16.0 Å². The van der Waals surface area contributed by atoms with Gasteiger partial charge in [0.2, 0.25) is 0 Å². The summed E-state index contributed by atoms with van der Waals surface area (Å²) in [6.07, 6.45) is 2.24. The van der Waals surface area contributed by atoms with Gasteiger partial charge in [-0.15, -0.1) is 0 Å². The first kappa shape index (κ1) is 25.1. The van der Waals surface area contributed by atoms with Crippen molar-refractivity contribution in [3.8, 4) is 11.5 Å². The van der Waals surface area contributed by atoms with Crippen molar-refractivity contribution in [2.45, 2.75) is 19.4 Å². The molecule has 0 saturated carbocycles. The topological polar surface area (TPSA) is 91.9 Å². The second kappa shape index (κ2) is 10.4. The highest BCUT2D eigenvalue weighted by molar-refractivity contribution is 6.46. The minimum absolute atomic E-state index is 0.133. The average molecular weight is 515 g/mol. The number of amides is 1. The van der Waals surface area contributed by atoms with Crippen molar-refractivity contribution in [1.82, 2.24) is 9.88 Å². The maximum atomic E-state index is 15.1. The number of aliphatic hydroxyl groups is 1. The number of carbonyl (C=O) groups excluding carboxylic acids is 2. The third-order valence-corrected chi connectivity index (χ3v) is 6.78. The quantitative estimate of drug-likeness (QED) is 0.187. The maximum Gasteiger partial charge on any atom is 0.295 e. The van der Waals surface area contributed by atoms with Gasteiger partial charge >= 0.3 is 0 Å². The zero-order chi connectivity index (χ0) is 26.8. The summed E-state index contributed by atoms with van der Waals surface area (Å²) in [6.45, 7) is 2.47. The number of aliphatic hydroxyl groups excluding tert-OH is 1. The van der Waals surface area contributed by atoms with Crippen LogP contribution in [-0.4, -0.2) is 46.9 Å². The van der Waals surface area contributed by atoms with E-state index >= 15 is 4.39 Å². The van der Waals surface area contributed by atoms with Gasteiger partial charge in [-0.05, 0) is 67.4 Å². The second-order valence-corrected chi connectivity index (χ2v) is 8.95. The molecule has 3 aromatic carbocycles. The second-order valence-electron chi connectivity index (χ2n) is 8.95. The fraction of sp³-hybridized carbons (Fsp3) is 0.200. The number of hydrogen-bond donors (Lipinski definition) is 2. The van der Waals surface area contributed by atoms with E-state index in [0.29, 0.717) is 30.1 Å². The number of ketones is 1. The first-order valence-electron chi connectivity index (χ1n) is 12.3. The molecule has 1 aliphatic rings. The summed E-state index contributed by atoms with van der Waals surface area (Å²) in [7, 11) is 1.59. The minimum Gasteiger partial charge on any atom is -0.507 e. The largest absolute Gasteiger partial charge is 0.507 e. The third-order valence-electron chi connectivity index (χ3n) is 6.78. The highest BCUT2D eigenvalue weighted by atomic mass is 19.1. The Balaban J connectivity index is 1.54. The van der Waals surface area contributed by atoms with Crippen LogP contribution in [0.15, 0.2) is 78.5 Å². The van der Waals surface area contributed by atoms with Crippen molar-refractivity contribution in [2.75, 3.05) is 20.3 Å². The molecule has 8 heteroatoms. The Labute approximate surface area is 219 Å². The Bertz CT molecular complexity index is 1540. The molecule has 2 heterocycles. The van der Waals surface area contributed by atoms with E-state index in [9.17, 15) is 14.7 Å². The van der Waals surface area contributed by atoms with Crippen molar-refractivity contribution < 1.29 is 28.6 Å². The Morgan fingerprint density at radius 3 is 2.50 bits per heavy atom. The van der Waals surface area contributed by atoms with E-state index in [-0.39, 0.29) is 23.4 Å². The van der Waals surface area contributed by atoms with Crippen molar-refractivity contribution in [1.29, 1.82) is 0 Å². The van der Waals surface area contributed by atoms with Crippen molar-refractivity contribution >= 4 is 28.4 Å². The van der Waals surface area contributed by atoms with E-state index in [0.717, 1.165) is 16.5 Å². The molecule has 1 fully saturated rings. The van der Waals surface area contributed by atoms with Crippen LogP contribution < -0.4 is 9.47 Å². The van der Waals surface area contributed by atoms with E-state index in [1.165, 1.54) is 23.1 Å². The lowest BCUT2D eigenvalue weighted by molar-refractivity contribution is -0.139. The predicted octanol–water partition coefficient (Wildman–Crippen LogP) is 5.38. The molecule has 0 aliphatic carbocycles. The Kier molecular flexibility index (Phi) is 6.87. The van der Waals surface area contributed by atoms with Crippen LogP contribution in [0.25, 0.3) is 16.7 Å². The van der Waals surface area contributed by atoms with E-state index < -0.39 is 23.5 Å². The summed E-state index contributed by atoms with van der Waals surface area (Å²) < 4.78 is 25.9. The lowest BCUT2D eigenvalue weighted by Crippen LogP contribution is -2.32. The van der Waals surface area contributed by atoms with Crippen LogP contribution in [0.3, 0.4) is 0 Å². The van der Waals surface area contributed by atoms with Gasteiger partial charge in [-0.2, -0.15) is 0 Å². The number of Topliss-reactive ketones (excluding diaryl/α,β-unsaturated/α-hetero) is 1. The first-order valence-corrected chi connectivity index (χ1v) is 12.3. The number of nitrogens with one attached hydrogen (secondary N) is 1. The van der Waals surface area contributed by atoms with Crippen molar-refractivity contribution in [3.63, 3.8) is 0 Å². The number of fused-ring (bicyclic) bond motifs is 1. The van der Waals surface area contributed by atoms with Crippen LogP contribution in [0.2, 0.25) is 0 Å². The molecule has 4 aromatic rings. The molecule has 0 bridgehead atoms. The van der Waals surface area contributed by atoms with Crippen molar-refractivity contribution in [3.05, 3.63) is 101 Å². The number of ether oxygens (including phenoxy) is 2. The van der Waals surface area contributed by atoms with Gasteiger partial charge in [-0.25, -0.2) is 4.39 Å². The van der Waals surface area contributed by atoms with E-state index in [4.69, 9.17) is 9.47 Å². The fourth-order valence-corrected chi connectivity index (χ4v) is 4.89. The van der Waals surface area contributed by atoms with Gasteiger partial charge < -0.3 is 24.5 Å². The van der Waals surface area contributed by atoms with Crippen LogP contribution >= 0.6 is 0 Å². The fourth-order valence-electron chi connectivity index (χ4n) is 4.89. The molecular weight excluding hydrogens is 487 g/mol. The third kappa shape index (κ3) is 4.49.